The quantitative estimate of drug-likeness (QED) is 0.355. The van der Waals surface area contributed by atoms with Gasteiger partial charge in [-0.1, -0.05) is 31.4 Å². The van der Waals surface area contributed by atoms with Gasteiger partial charge in [0.25, 0.3) is 0 Å². The molecule has 2 N–H and O–H groups in total. The average molecular weight is 522 g/mol. The van der Waals surface area contributed by atoms with E-state index in [0.717, 1.165) is 24.2 Å². The van der Waals surface area contributed by atoms with Crippen molar-refractivity contribution in [2.45, 2.75) is 63.6 Å². The molecule has 1 aliphatic carbocycles. The zero-order chi connectivity index (χ0) is 19.9. The summed E-state index contributed by atoms with van der Waals surface area (Å²) in [5.41, 5.74) is 2.29. The normalized spacial score (nSPS) is 19.3. The van der Waals surface area contributed by atoms with Gasteiger partial charge in [-0.2, -0.15) is 5.10 Å². The standard InChI is InChI=1S/C23H34N6.HI/c1-24-23(25-18-19-7-5-10-22(17-19)29-14-6-13-26-29)27-20-11-15-28(16-12-20)21-8-3-2-4-9-21;/h5-7,10,13-14,17,20-21H,2-4,8-9,11-12,15-16,18H2,1H3,(H2,24,25,27);1H. The number of likely N-dealkylation sites (tertiary alicyclic amines) is 1. The van der Waals surface area contributed by atoms with Crippen molar-refractivity contribution in [3.63, 3.8) is 0 Å². The maximum atomic E-state index is 4.44. The lowest BCUT2D eigenvalue weighted by atomic mass is 9.92. The molecule has 2 aliphatic rings. The van der Waals surface area contributed by atoms with Crippen molar-refractivity contribution in [1.82, 2.24) is 25.3 Å². The minimum absolute atomic E-state index is 0. The molecule has 1 aliphatic heterocycles. The van der Waals surface area contributed by atoms with Crippen LogP contribution in [-0.2, 0) is 6.54 Å². The second kappa shape index (κ2) is 11.7. The zero-order valence-electron chi connectivity index (χ0n) is 18.0. The molecule has 6 nitrogen and oxygen atoms in total. The second-order valence-electron chi connectivity index (χ2n) is 8.29. The van der Waals surface area contributed by atoms with Crippen LogP contribution in [-0.4, -0.2) is 52.9 Å². The van der Waals surface area contributed by atoms with Gasteiger partial charge < -0.3 is 15.5 Å². The zero-order valence-corrected chi connectivity index (χ0v) is 20.3. The van der Waals surface area contributed by atoms with Crippen molar-refractivity contribution in [3.05, 3.63) is 48.3 Å². The van der Waals surface area contributed by atoms with E-state index < -0.39 is 0 Å². The van der Waals surface area contributed by atoms with Gasteiger partial charge in [0.05, 0.1) is 5.69 Å². The van der Waals surface area contributed by atoms with Gasteiger partial charge in [-0.15, -0.1) is 24.0 Å². The third-order valence-corrected chi connectivity index (χ3v) is 6.32. The van der Waals surface area contributed by atoms with Crippen LogP contribution in [0.1, 0.15) is 50.5 Å². The van der Waals surface area contributed by atoms with Crippen molar-refractivity contribution >= 4 is 29.9 Å². The van der Waals surface area contributed by atoms with Crippen LogP contribution >= 0.6 is 24.0 Å². The van der Waals surface area contributed by atoms with Crippen LogP contribution in [0.25, 0.3) is 5.69 Å². The van der Waals surface area contributed by atoms with Crippen molar-refractivity contribution in [3.8, 4) is 5.69 Å². The molecule has 0 spiro atoms. The number of hydrogen-bond acceptors (Lipinski definition) is 3. The van der Waals surface area contributed by atoms with Crippen molar-refractivity contribution < 1.29 is 0 Å². The Morgan fingerprint density at radius 3 is 2.60 bits per heavy atom. The average Bonchev–Trinajstić information content (AvgIpc) is 3.33. The van der Waals surface area contributed by atoms with E-state index in [1.807, 2.05) is 24.0 Å². The van der Waals surface area contributed by atoms with Crippen LogP contribution in [0.4, 0.5) is 0 Å². The first kappa shape index (κ1) is 23.1. The second-order valence-corrected chi connectivity index (χ2v) is 8.29. The summed E-state index contributed by atoms with van der Waals surface area (Å²) in [5, 5.41) is 11.4. The molecule has 0 bridgehead atoms. The van der Waals surface area contributed by atoms with Gasteiger partial charge in [0.2, 0.25) is 0 Å². The minimum atomic E-state index is 0. The van der Waals surface area contributed by atoms with E-state index in [1.54, 1.807) is 6.20 Å². The molecule has 0 amide bonds. The van der Waals surface area contributed by atoms with Gasteiger partial charge in [0.15, 0.2) is 5.96 Å². The van der Waals surface area contributed by atoms with Crippen LogP contribution in [0.5, 0.6) is 0 Å². The van der Waals surface area contributed by atoms with E-state index in [0.29, 0.717) is 6.04 Å². The molecule has 164 valence electrons. The largest absolute Gasteiger partial charge is 0.354 e. The minimum Gasteiger partial charge on any atom is -0.354 e. The predicted molar refractivity (Wildman–Crippen MR) is 134 cm³/mol. The molecular formula is C23H35IN6. The number of benzene rings is 1. The SMILES string of the molecule is CN=C(NCc1cccc(-n2cccn2)c1)NC1CCN(C2CCCCC2)CC1.I. The number of nitrogens with one attached hydrogen (secondary N) is 2. The number of nitrogens with zero attached hydrogens (tertiary/aromatic N) is 4. The number of rotatable bonds is 5. The Kier molecular flexibility index (Phi) is 8.99. The molecule has 1 saturated heterocycles. The summed E-state index contributed by atoms with van der Waals surface area (Å²) in [5.74, 6) is 0.894. The molecule has 4 rings (SSSR count). The fraction of sp³-hybridized carbons (Fsp3) is 0.565. The predicted octanol–water partition coefficient (Wildman–Crippen LogP) is 3.95. The number of aliphatic imine (C=N–C) groups is 1. The van der Waals surface area contributed by atoms with E-state index in [4.69, 9.17) is 0 Å². The summed E-state index contributed by atoms with van der Waals surface area (Å²) >= 11 is 0. The highest BCUT2D eigenvalue weighted by molar-refractivity contribution is 14.0. The van der Waals surface area contributed by atoms with Crippen molar-refractivity contribution in [2.24, 2.45) is 4.99 Å². The number of halogens is 1. The molecular weight excluding hydrogens is 487 g/mol. The molecule has 0 unspecified atom stereocenters. The summed E-state index contributed by atoms with van der Waals surface area (Å²) in [6, 6.07) is 11.7. The monoisotopic (exact) mass is 522 g/mol. The molecule has 0 radical (unpaired) electrons. The van der Waals surface area contributed by atoms with E-state index in [2.05, 4.69) is 49.9 Å². The first-order chi connectivity index (χ1) is 14.3. The summed E-state index contributed by atoms with van der Waals surface area (Å²) in [7, 11) is 1.85. The van der Waals surface area contributed by atoms with Crippen molar-refractivity contribution in [2.75, 3.05) is 20.1 Å². The highest BCUT2D eigenvalue weighted by Crippen LogP contribution is 2.25. The van der Waals surface area contributed by atoms with Crippen LogP contribution in [0, 0.1) is 0 Å². The lowest BCUT2D eigenvalue weighted by Gasteiger charge is -2.39. The third kappa shape index (κ3) is 6.20. The lowest BCUT2D eigenvalue weighted by molar-refractivity contribution is 0.119. The van der Waals surface area contributed by atoms with Gasteiger partial charge in [-0.3, -0.25) is 4.99 Å². The molecule has 0 atom stereocenters. The fourth-order valence-corrected chi connectivity index (χ4v) is 4.66. The molecule has 1 aromatic heterocycles. The van der Waals surface area contributed by atoms with E-state index in [9.17, 15) is 0 Å². The van der Waals surface area contributed by atoms with E-state index in [1.165, 1.54) is 63.6 Å². The highest BCUT2D eigenvalue weighted by atomic mass is 127. The van der Waals surface area contributed by atoms with Gasteiger partial charge in [-0.25, -0.2) is 4.68 Å². The van der Waals surface area contributed by atoms with Crippen molar-refractivity contribution in [1.29, 1.82) is 0 Å². The number of aromatic nitrogens is 2. The number of piperidine rings is 1. The van der Waals surface area contributed by atoms with Crippen LogP contribution in [0.2, 0.25) is 0 Å². The Morgan fingerprint density at radius 2 is 1.90 bits per heavy atom. The maximum absolute atomic E-state index is 4.44. The summed E-state index contributed by atoms with van der Waals surface area (Å²) in [6.45, 7) is 3.17. The molecule has 2 aromatic rings. The van der Waals surface area contributed by atoms with Gasteiger partial charge in [0, 0.05) is 51.2 Å². The highest BCUT2D eigenvalue weighted by Gasteiger charge is 2.26. The molecule has 1 aromatic carbocycles. The number of guanidine groups is 1. The third-order valence-electron chi connectivity index (χ3n) is 6.32. The molecule has 1 saturated carbocycles. The lowest BCUT2D eigenvalue weighted by Crippen LogP contribution is -2.50. The molecule has 2 heterocycles. The van der Waals surface area contributed by atoms with E-state index in [-0.39, 0.29) is 24.0 Å². The van der Waals surface area contributed by atoms with E-state index >= 15 is 0 Å². The topological polar surface area (TPSA) is 57.5 Å². The Bertz CT molecular complexity index is 777. The number of hydrogen-bond donors (Lipinski definition) is 2. The molecule has 7 heteroatoms. The molecule has 30 heavy (non-hydrogen) atoms. The van der Waals surface area contributed by atoms with Gasteiger partial charge >= 0.3 is 0 Å². The first-order valence-electron chi connectivity index (χ1n) is 11.1. The Balaban J connectivity index is 0.00000256. The first-order valence-corrected chi connectivity index (χ1v) is 11.1. The Hall–Kier alpha value is -1.61. The summed E-state index contributed by atoms with van der Waals surface area (Å²) in [6.07, 6.45) is 13.2. The fourth-order valence-electron chi connectivity index (χ4n) is 4.66. The van der Waals surface area contributed by atoms with Gasteiger partial charge in [0.1, 0.15) is 0 Å². The summed E-state index contributed by atoms with van der Waals surface area (Å²) in [4.78, 5) is 7.17. The van der Waals surface area contributed by atoms with Crippen LogP contribution in [0.15, 0.2) is 47.7 Å². The van der Waals surface area contributed by atoms with Crippen LogP contribution < -0.4 is 10.6 Å². The Labute approximate surface area is 197 Å². The maximum Gasteiger partial charge on any atom is 0.191 e. The molecule has 2 fully saturated rings. The summed E-state index contributed by atoms with van der Waals surface area (Å²) < 4.78 is 1.89. The van der Waals surface area contributed by atoms with Crippen LogP contribution in [0.3, 0.4) is 0 Å². The van der Waals surface area contributed by atoms with Gasteiger partial charge in [-0.05, 0) is 49.4 Å². The smallest absolute Gasteiger partial charge is 0.191 e. The Morgan fingerprint density at radius 1 is 1.10 bits per heavy atom.